The molecular formula is C16H20N2O. The molecular weight excluding hydrogens is 236 g/mol. The first-order chi connectivity index (χ1) is 9.15. The summed E-state index contributed by atoms with van der Waals surface area (Å²) in [7, 11) is 0. The molecule has 3 nitrogen and oxygen atoms in total. The van der Waals surface area contributed by atoms with Gasteiger partial charge in [-0.3, -0.25) is 4.98 Å². The van der Waals surface area contributed by atoms with Crippen molar-refractivity contribution in [1.82, 2.24) is 10.3 Å². The molecule has 0 saturated heterocycles. The molecule has 0 aliphatic carbocycles. The molecule has 0 aliphatic heterocycles. The van der Waals surface area contributed by atoms with E-state index in [1.807, 2.05) is 30.3 Å². The SMILES string of the molecule is Cc1ccc(Oc2cnccc2CNC(C)C)cc1. The number of nitrogens with one attached hydrogen (secondary N) is 1. The van der Waals surface area contributed by atoms with Crippen LogP contribution in [0.1, 0.15) is 25.0 Å². The molecule has 0 fully saturated rings. The fraction of sp³-hybridized carbons (Fsp3) is 0.312. The van der Waals surface area contributed by atoms with Gasteiger partial charge in [-0.05, 0) is 25.1 Å². The zero-order chi connectivity index (χ0) is 13.7. The van der Waals surface area contributed by atoms with Crippen molar-refractivity contribution in [2.75, 3.05) is 0 Å². The van der Waals surface area contributed by atoms with Gasteiger partial charge in [0.15, 0.2) is 0 Å². The summed E-state index contributed by atoms with van der Waals surface area (Å²) in [4.78, 5) is 4.13. The molecule has 0 radical (unpaired) electrons. The van der Waals surface area contributed by atoms with Crippen LogP contribution < -0.4 is 10.1 Å². The second kappa shape index (κ2) is 6.34. The van der Waals surface area contributed by atoms with E-state index >= 15 is 0 Å². The lowest BCUT2D eigenvalue weighted by Crippen LogP contribution is -2.22. The maximum Gasteiger partial charge on any atom is 0.150 e. The highest BCUT2D eigenvalue weighted by Gasteiger charge is 2.05. The highest BCUT2D eigenvalue weighted by Crippen LogP contribution is 2.24. The summed E-state index contributed by atoms with van der Waals surface area (Å²) in [6, 6.07) is 10.5. The lowest BCUT2D eigenvalue weighted by atomic mass is 10.2. The molecule has 0 atom stereocenters. The van der Waals surface area contributed by atoms with Crippen molar-refractivity contribution in [3.05, 3.63) is 53.9 Å². The summed E-state index contributed by atoms with van der Waals surface area (Å²) in [5, 5.41) is 3.39. The van der Waals surface area contributed by atoms with Gasteiger partial charge in [0.05, 0.1) is 6.20 Å². The smallest absolute Gasteiger partial charge is 0.150 e. The van der Waals surface area contributed by atoms with Gasteiger partial charge in [-0.1, -0.05) is 31.5 Å². The van der Waals surface area contributed by atoms with E-state index < -0.39 is 0 Å². The van der Waals surface area contributed by atoms with E-state index in [9.17, 15) is 0 Å². The van der Waals surface area contributed by atoms with Gasteiger partial charge in [0.25, 0.3) is 0 Å². The summed E-state index contributed by atoms with van der Waals surface area (Å²) in [6.45, 7) is 7.09. The van der Waals surface area contributed by atoms with Gasteiger partial charge in [-0.15, -0.1) is 0 Å². The van der Waals surface area contributed by atoms with Crippen LogP contribution in [-0.2, 0) is 6.54 Å². The van der Waals surface area contributed by atoms with Crippen LogP contribution in [0.4, 0.5) is 0 Å². The lowest BCUT2D eigenvalue weighted by molar-refractivity contribution is 0.467. The first kappa shape index (κ1) is 13.6. The average molecular weight is 256 g/mol. The summed E-state index contributed by atoms with van der Waals surface area (Å²) in [5.74, 6) is 1.64. The number of hydrogen-bond acceptors (Lipinski definition) is 3. The molecule has 1 aromatic carbocycles. The topological polar surface area (TPSA) is 34.1 Å². The molecule has 100 valence electrons. The quantitative estimate of drug-likeness (QED) is 0.886. The summed E-state index contributed by atoms with van der Waals surface area (Å²) < 4.78 is 5.89. The number of rotatable bonds is 5. The molecule has 0 amide bonds. The van der Waals surface area contributed by atoms with E-state index in [0.29, 0.717) is 6.04 Å². The number of pyridine rings is 1. The van der Waals surface area contributed by atoms with Crippen molar-refractivity contribution in [3.8, 4) is 11.5 Å². The van der Waals surface area contributed by atoms with Gasteiger partial charge in [-0.2, -0.15) is 0 Å². The second-order valence-corrected chi connectivity index (χ2v) is 4.93. The van der Waals surface area contributed by atoms with Gasteiger partial charge < -0.3 is 10.1 Å². The van der Waals surface area contributed by atoms with E-state index in [2.05, 4.69) is 31.1 Å². The minimum Gasteiger partial charge on any atom is -0.455 e. The second-order valence-electron chi connectivity index (χ2n) is 4.93. The van der Waals surface area contributed by atoms with E-state index in [-0.39, 0.29) is 0 Å². The normalized spacial score (nSPS) is 10.7. The molecule has 2 aromatic rings. The van der Waals surface area contributed by atoms with Gasteiger partial charge in [-0.25, -0.2) is 0 Å². The van der Waals surface area contributed by atoms with Crippen molar-refractivity contribution in [2.45, 2.75) is 33.4 Å². The molecule has 2 rings (SSSR count). The van der Waals surface area contributed by atoms with Gasteiger partial charge in [0, 0.05) is 24.3 Å². The molecule has 0 bridgehead atoms. The first-order valence-corrected chi connectivity index (χ1v) is 6.56. The predicted octanol–water partition coefficient (Wildman–Crippen LogP) is 3.68. The zero-order valence-electron chi connectivity index (χ0n) is 11.7. The maximum atomic E-state index is 5.89. The number of nitrogens with zero attached hydrogens (tertiary/aromatic N) is 1. The Kier molecular flexibility index (Phi) is 4.53. The van der Waals surface area contributed by atoms with Crippen LogP contribution in [0.2, 0.25) is 0 Å². The number of benzene rings is 1. The molecule has 0 aliphatic rings. The Labute approximate surface area is 114 Å². The molecule has 1 N–H and O–H groups in total. The molecule has 0 saturated carbocycles. The Hall–Kier alpha value is -1.87. The van der Waals surface area contributed by atoms with Crippen molar-refractivity contribution in [2.24, 2.45) is 0 Å². The first-order valence-electron chi connectivity index (χ1n) is 6.56. The Morgan fingerprint density at radius 2 is 1.89 bits per heavy atom. The van der Waals surface area contributed by atoms with Crippen LogP contribution in [0.15, 0.2) is 42.7 Å². The van der Waals surface area contributed by atoms with Crippen LogP contribution in [0, 0.1) is 6.92 Å². The predicted molar refractivity (Wildman–Crippen MR) is 77.5 cm³/mol. The van der Waals surface area contributed by atoms with Crippen molar-refractivity contribution in [3.63, 3.8) is 0 Å². The van der Waals surface area contributed by atoms with Gasteiger partial charge >= 0.3 is 0 Å². The molecule has 1 heterocycles. The average Bonchev–Trinajstić information content (AvgIpc) is 2.40. The van der Waals surface area contributed by atoms with Crippen LogP contribution >= 0.6 is 0 Å². The molecule has 19 heavy (non-hydrogen) atoms. The number of aryl methyl sites for hydroxylation is 1. The summed E-state index contributed by atoms with van der Waals surface area (Å²) in [6.07, 6.45) is 3.55. The molecule has 0 unspecified atom stereocenters. The van der Waals surface area contributed by atoms with E-state index in [0.717, 1.165) is 23.6 Å². The van der Waals surface area contributed by atoms with Gasteiger partial charge in [0.2, 0.25) is 0 Å². The molecule has 3 heteroatoms. The highest BCUT2D eigenvalue weighted by molar-refractivity contribution is 5.36. The minimum absolute atomic E-state index is 0.445. The van der Waals surface area contributed by atoms with Crippen molar-refractivity contribution in [1.29, 1.82) is 0 Å². The standard InChI is InChI=1S/C16H20N2O/c1-12(2)18-10-14-8-9-17-11-16(14)19-15-6-4-13(3)5-7-15/h4-9,11-12,18H,10H2,1-3H3. The number of ether oxygens (including phenoxy) is 1. The Balaban J connectivity index is 2.13. The largest absolute Gasteiger partial charge is 0.455 e. The summed E-state index contributed by atoms with van der Waals surface area (Å²) >= 11 is 0. The third kappa shape index (κ3) is 4.07. The van der Waals surface area contributed by atoms with E-state index in [4.69, 9.17) is 4.74 Å². The molecule has 0 spiro atoms. The third-order valence-electron chi connectivity index (χ3n) is 2.82. The number of hydrogen-bond donors (Lipinski definition) is 1. The summed E-state index contributed by atoms with van der Waals surface area (Å²) in [5.41, 5.74) is 2.34. The fourth-order valence-electron chi connectivity index (χ4n) is 1.69. The third-order valence-corrected chi connectivity index (χ3v) is 2.82. The Morgan fingerprint density at radius 1 is 1.16 bits per heavy atom. The lowest BCUT2D eigenvalue weighted by Gasteiger charge is -2.13. The highest BCUT2D eigenvalue weighted by atomic mass is 16.5. The van der Waals surface area contributed by atoms with Crippen LogP contribution in [0.25, 0.3) is 0 Å². The molecule has 1 aromatic heterocycles. The zero-order valence-corrected chi connectivity index (χ0v) is 11.7. The Morgan fingerprint density at radius 3 is 2.58 bits per heavy atom. The monoisotopic (exact) mass is 256 g/mol. The Bertz CT molecular complexity index is 521. The number of aromatic nitrogens is 1. The fourth-order valence-corrected chi connectivity index (χ4v) is 1.69. The van der Waals surface area contributed by atoms with Crippen molar-refractivity contribution < 1.29 is 4.74 Å². The van der Waals surface area contributed by atoms with Crippen molar-refractivity contribution >= 4 is 0 Å². The van der Waals surface area contributed by atoms with Crippen LogP contribution in [0.3, 0.4) is 0 Å². The van der Waals surface area contributed by atoms with Crippen LogP contribution in [-0.4, -0.2) is 11.0 Å². The maximum absolute atomic E-state index is 5.89. The van der Waals surface area contributed by atoms with E-state index in [1.165, 1.54) is 5.56 Å². The van der Waals surface area contributed by atoms with Crippen LogP contribution in [0.5, 0.6) is 11.5 Å². The van der Waals surface area contributed by atoms with Gasteiger partial charge in [0.1, 0.15) is 11.5 Å². The minimum atomic E-state index is 0.445. The van der Waals surface area contributed by atoms with E-state index in [1.54, 1.807) is 12.4 Å².